The van der Waals surface area contributed by atoms with Crippen LogP contribution in [0.1, 0.15) is 17.7 Å². The van der Waals surface area contributed by atoms with Gasteiger partial charge in [0.2, 0.25) is 0 Å². The van der Waals surface area contributed by atoms with Gasteiger partial charge in [-0.15, -0.1) is 0 Å². The molecule has 2 heterocycles. The molecule has 0 atom stereocenters. The molecule has 136 valence electrons. The van der Waals surface area contributed by atoms with Crippen LogP contribution in [0.25, 0.3) is 10.9 Å². The molecule has 0 bridgehead atoms. The number of nitrogens with one attached hydrogen (secondary N) is 2. The fraction of sp³-hybridized carbons (Fsp3) is 0.300. The number of H-pyrrole nitrogens is 1. The van der Waals surface area contributed by atoms with Gasteiger partial charge in [-0.3, -0.25) is 4.90 Å². The van der Waals surface area contributed by atoms with Gasteiger partial charge in [-0.05, 0) is 61.3 Å². The molecule has 0 saturated heterocycles. The fourth-order valence-electron chi connectivity index (χ4n) is 3.63. The molecular weight excluding hydrogens is 389 g/mol. The van der Waals surface area contributed by atoms with Gasteiger partial charge in [0.05, 0.1) is 10.0 Å². The van der Waals surface area contributed by atoms with Gasteiger partial charge in [-0.2, -0.15) is 0 Å². The number of nitrogens with zero attached hydrogens (tertiary/aromatic N) is 1. The first-order chi connectivity index (χ1) is 12.6. The summed E-state index contributed by atoms with van der Waals surface area (Å²) in [7, 11) is 0. The van der Waals surface area contributed by atoms with Gasteiger partial charge in [0.25, 0.3) is 0 Å². The summed E-state index contributed by atoms with van der Waals surface area (Å²) in [6.07, 6.45) is 2.24. The van der Waals surface area contributed by atoms with Crippen molar-refractivity contribution in [1.29, 1.82) is 0 Å². The SMILES string of the molecule is Clc1ccc2[nH]c3c(c2c1)CCCN(CCNc1ccc(Cl)c(Cl)c1)C3. The predicted molar refractivity (Wildman–Crippen MR) is 112 cm³/mol. The van der Waals surface area contributed by atoms with Gasteiger partial charge in [-0.25, -0.2) is 0 Å². The molecule has 2 N–H and O–H groups in total. The van der Waals surface area contributed by atoms with E-state index in [0.29, 0.717) is 10.0 Å². The first-order valence-corrected chi connectivity index (χ1v) is 9.94. The zero-order chi connectivity index (χ0) is 18.1. The van der Waals surface area contributed by atoms with Crippen LogP contribution in [0.15, 0.2) is 36.4 Å². The molecule has 1 aromatic heterocycles. The average Bonchev–Trinajstić information content (AvgIpc) is 2.82. The van der Waals surface area contributed by atoms with E-state index in [1.165, 1.54) is 22.2 Å². The van der Waals surface area contributed by atoms with Crippen LogP contribution in [-0.2, 0) is 13.0 Å². The second-order valence-corrected chi connectivity index (χ2v) is 7.96. The molecule has 2 aromatic carbocycles. The second kappa shape index (κ2) is 7.69. The van der Waals surface area contributed by atoms with Crippen LogP contribution in [0.3, 0.4) is 0 Å². The molecule has 0 spiro atoms. The minimum Gasteiger partial charge on any atom is -0.384 e. The maximum atomic E-state index is 6.18. The summed E-state index contributed by atoms with van der Waals surface area (Å²) < 4.78 is 0. The van der Waals surface area contributed by atoms with E-state index < -0.39 is 0 Å². The zero-order valence-electron chi connectivity index (χ0n) is 14.3. The fourth-order valence-corrected chi connectivity index (χ4v) is 4.10. The summed E-state index contributed by atoms with van der Waals surface area (Å²) in [5.41, 5.74) is 4.90. The average molecular weight is 409 g/mol. The molecule has 3 aromatic rings. The second-order valence-electron chi connectivity index (χ2n) is 6.71. The van der Waals surface area contributed by atoms with Crippen LogP contribution in [-0.4, -0.2) is 29.5 Å². The third-order valence-electron chi connectivity index (χ3n) is 4.92. The summed E-state index contributed by atoms with van der Waals surface area (Å²) >= 11 is 18.2. The van der Waals surface area contributed by atoms with Crippen molar-refractivity contribution in [2.75, 3.05) is 25.0 Å². The number of hydrogen-bond donors (Lipinski definition) is 2. The Morgan fingerprint density at radius 1 is 1.04 bits per heavy atom. The zero-order valence-corrected chi connectivity index (χ0v) is 16.6. The number of hydrogen-bond acceptors (Lipinski definition) is 2. The number of halogens is 3. The molecule has 0 fully saturated rings. The highest BCUT2D eigenvalue weighted by molar-refractivity contribution is 6.42. The van der Waals surface area contributed by atoms with Crippen LogP contribution < -0.4 is 5.32 Å². The lowest BCUT2D eigenvalue weighted by molar-refractivity contribution is 0.278. The smallest absolute Gasteiger partial charge is 0.0612 e. The molecule has 26 heavy (non-hydrogen) atoms. The van der Waals surface area contributed by atoms with Crippen LogP contribution in [0, 0.1) is 0 Å². The van der Waals surface area contributed by atoms with Crippen molar-refractivity contribution in [3.8, 4) is 0 Å². The van der Waals surface area contributed by atoms with E-state index in [1.54, 1.807) is 0 Å². The predicted octanol–water partition coefficient (Wildman–Crippen LogP) is 5.99. The van der Waals surface area contributed by atoms with Crippen LogP contribution >= 0.6 is 34.8 Å². The van der Waals surface area contributed by atoms with E-state index in [4.69, 9.17) is 34.8 Å². The highest BCUT2D eigenvalue weighted by Crippen LogP contribution is 2.29. The van der Waals surface area contributed by atoms with E-state index in [-0.39, 0.29) is 0 Å². The Morgan fingerprint density at radius 2 is 1.92 bits per heavy atom. The Hall–Kier alpha value is -1.39. The van der Waals surface area contributed by atoms with Gasteiger partial charge in [0, 0.05) is 46.9 Å². The summed E-state index contributed by atoms with van der Waals surface area (Å²) in [5, 5.41) is 6.65. The van der Waals surface area contributed by atoms with Crippen LogP contribution in [0.4, 0.5) is 5.69 Å². The Morgan fingerprint density at radius 3 is 2.77 bits per heavy atom. The Labute approximate surface area is 168 Å². The van der Waals surface area contributed by atoms with Crippen molar-refractivity contribution in [2.45, 2.75) is 19.4 Å². The van der Waals surface area contributed by atoms with E-state index >= 15 is 0 Å². The van der Waals surface area contributed by atoms with E-state index in [1.807, 2.05) is 24.3 Å². The number of aromatic nitrogens is 1. The molecule has 3 nitrogen and oxygen atoms in total. The van der Waals surface area contributed by atoms with E-state index in [9.17, 15) is 0 Å². The molecule has 6 heteroatoms. The van der Waals surface area contributed by atoms with Crippen molar-refractivity contribution in [3.05, 3.63) is 62.7 Å². The van der Waals surface area contributed by atoms with Gasteiger partial charge >= 0.3 is 0 Å². The molecule has 0 aliphatic carbocycles. The Bertz CT molecular complexity index is 935. The van der Waals surface area contributed by atoms with Gasteiger partial charge < -0.3 is 10.3 Å². The molecular formula is C20H20Cl3N3. The van der Waals surface area contributed by atoms with Crippen molar-refractivity contribution in [3.63, 3.8) is 0 Å². The van der Waals surface area contributed by atoms with E-state index in [2.05, 4.69) is 27.3 Å². The molecule has 0 unspecified atom stereocenters. The summed E-state index contributed by atoms with van der Waals surface area (Å²) in [4.78, 5) is 6.06. The van der Waals surface area contributed by atoms with Crippen LogP contribution in [0.5, 0.6) is 0 Å². The Kier molecular flexibility index (Phi) is 5.32. The van der Waals surface area contributed by atoms with E-state index in [0.717, 1.165) is 49.7 Å². The Balaban J connectivity index is 1.42. The summed E-state index contributed by atoms with van der Waals surface area (Å²) in [6.45, 7) is 3.85. The first-order valence-electron chi connectivity index (χ1n) is 8.80. The number of fused-ring (bicyclic) bond motifs is 3. The standard InChI is InChI=1S/C20H20Cl3N3/c21-13-3-6-19-16(10-13)15-2-1-8-26(12-20(15)25-19)9-7-24-14-4-5-17(22)18(23)11-14/h3-6,10-11,24-25H,1-2,7-9,12H2. The highest BCUT2D eigenvalue weighted by Gasteiger charge is 2.18. The third-order valence-corrected chi connectivity index (χ3v) is 5.89. The summed E-state index contributed by atoms with van der Waals surface area (Å²) in [5.74, 6) is 0. The number of benzene rings is 2. The number of aromatic amines is 1. The van der Waals surface area contributed by atoms with Crippen molar-refractivity contribution < 1.29 is 0 Å². The maximum Gasteiger partial charge on any atom is 0.0612 e. The molecule has 4 rings (SSSR count). The van der Waals surface area contributed by atoms with Crippen LogP contribution in [0.2, 0.25) is 15.1 Å². The monoisotopic (exact) mass is 407 g/mol. The lowest BCUT2D eigenvalue weighted by Gasteiger charge is -2.20. The molecule has 1 aliphatic heterocycles. The topological polar surface area (TPSA) is 31.1 Å². The number of rotatable bonds is 4. The number of aryl methyl sites for hydroxylation is 1. The third kappa shape index (κ3) is 3.81. The first kappa shape index (κ1) is 18.0. The lowest BCUT2D eigenvalue weighted by atomic mass is 10.1. The molecule has 0 saturated carbocycles. The van der Waals surface area contributed by atoms with Crippen molar-refractivity contribution in [1.82, 2.24) is 9.88 Å². The largest absolute Gasteiger partial charge is 0.384 e. The lowest BCUT2D eigenvalue weighted by Crippen LogP contribution is -2.29. The minimum absolute atomic E-state index is 0.577. The van der Waals surface area contributed by atoms with Gasteiger partial charge in [0.1, 0.15) is 0 Å². The maximum absolute atomic E-state index is 6.18. The molecule has 0 amide bonds. The van der Waals surface area contributed by atoms with Crippen molar-refractivity contribution in [2.24, 2.45) is 0 Å². The minimum atomic E-state index is 0.577. The van der Waals surface area contributed by atoms with Crippen molar-refractivity contribution >= 4 is 51.4 Å². The number of anilines is 1. The van der Waals surface area contributed by atoms with Gasteiger partial charge in [-0.1, -0.05) is 34.8 Å². The normalized spacial score (nSPS) is 15.0. The molecule has 1 aliphatic rings. The highest BCUT2D eigenvalue weighted by atomic mass is 35.5. The summed E-state index contributed by atoms with van der Waals surface area (Å²) in [6, 6.07) is 11.7. The molecule has 0 radical (unpaired) electrons. The van der Waals surface area contributed by atoms with Gasteiger partial charge in [0.15, 0.2) is 0 Å². The quantitative estimate of drug-likeness (QED) is 0.555.